The summed E-state index contributed by atoms with van der Waals surface area (Å²) < 4.78 is 40.2. The molecule has 0 bridgehead atoms. The van der Waals surface area contributed by atoms with Gasteiger partial charge in [0.2, 0.25) is 0 Å². The lowest BCUT2D eigenvalue weighted by Crippen LogP contribution is -2.15. The first-order chi connectivity index (χ1) is 10.0. The molecule has 0 radical (unpaired) electrons. The predicted molar refractivity (Wildman–Crippen MR) is 76.4 cm³/mol. The number of hydrogen-bond donors (Lipinski definition) is 1. The third kappa shape index (κ3) is 3.10. The average Bonchev–Trinajstić information content (AvgIpc) is 3.25. The molecule has 0 saturated heterocycles. The third-order valence-electron chi connectivity index (χ3n) is 3.76. The highest BCUT2D eigenvalue weighted by atomic mass is 19.2. The van der Waals surface area contributed by atoms with Crippen molar-refractivity contribution in [3.63, 3.8) is 0 Å². The maximum atomic E-state index is 13.8. The van der Waals surface area contributed by atoms with Crippen LogP contribution < -0.4 is 5.32 Å². The lowest BCUT2D eigenvalue weighted by atomic mass is 9.97. The van der Waals surface area contributed by atoms with Crippen LogP contribution in [-0.2, 0) is 6.54 Å². The summed E-state index contributed by atoms with van der Waals surface area (Å²) in [6.45, 7) is 2.61. The van der Waals surface area contributed by atoms with Gasteiger partial charge in [-0.3, -0.25) is 0 Å². The van der Waals surface area contributed by atoms with Crippen LogP contribution in [0.3, 0.4) is 0 Å². The van der Waals surface area contributed by atoms with Crippen LogP contribution >= 0.6 is 0 Å². The van der Waals surface area contributed by atoms with Crippen molar-refractivity contribution in [3.05, 3.63) is 58.9 Å². The minimum atomic E-state index is -1.17. The van der Waals surface area contributed by atoms with Crippen LogP contribution in [0.15, 0.2) is 30.3 Å². The van der Waals surface area contributed by atoms with E-state index < -0.39 is 17.5 Å². The van der Waals surface area contributed by atoms with Crippen LogP contribution in [0.5, 0.6) is 0 Å². The molecule has 0 aromatic heterocycles. The number of aryl methyl sites for hydroxylation is 1. The Morgan fingerprint density at radius 1 is 0.952 bits per heavy atom. The maximum absolute atomic E-state index is 13.8. The first-order valence-corrected chi connectivity index (χ1v) is 7.02. The normalized spacial score (nSPS) is 14.5. The Kier molecular flexibility index (Phi) is 3.72. The molecular formula is C17H16F3N. The van der Waals surface area contributed by atoms with E-state index >= 15 is 0 Å². The SMILES string of the molecule is Cc1cc(CNC2CC2)ccc1-c1cc(F)c(F)cc1F. The van der Waals surface area contributed by atoms with Gasteiger partial charge in [0, 0.05) is 24.2 Å². The Bertz CT molecular complexity index is 678. The van der Waals surface area contributed by atoms with Crippen molar-refractivity contribution in [2.24, 2.45) is 0 Å². The van der Waals surface area contributed by atoms with E-state index in [2.05, 4.69) is 5.32 Å². The van der Waals surface area contributed by atoms with E-state index in [9.17, 15) is 13.2 Å². The first kappa shape index (κ1) is 14.1. The molecule has 0 amide bonds. The van der Waals surface area contributed by atoms with Crippen molar-refractivity contribution in [1.82, 2.24) is 5.32 Å². The van der Waals surface area contributed by atoms with Crippen LogP contribution in [0, 0.1) is 24.4 Å². The fourth-order valence-electron chi connectivity index (χ4n) is 2.42. The molecule has 0 atom stereocenters. The summed E-state index contributed by atoms with van der Waals surface area (Å²) in [5.74, 6) is -2.95. The highest BCUT2D eigenvalue weighted by molar-refractivity contribution is 5.68. The lowest BCUT2D eigenvalue weighted by Gasteiger charge is -2.11. The minimum Gasteiger partial charge on any atom is -0.310 e. The van der Waals surface area contributed by atoms with Crippen molar-refractivity contribution in [2.75, 3.05) is 0 Å². The molecular weight excluding hydrogens is 275 g/mol. The van der Waals surface area contributed by atoms with Crippen LogP contribution in [0.1, 0.15) is 24.0 Å². The molecule has 110 valence electrons. The van der Waals surface area contributed by atoms with Crippen molar-refractivity contribution in [3.8, 4) is 11.1 Å². The highest BCUT2D eigenvalue weighted by Crippen LogP contribution is 2.29. The van der Waals surface area contributed by atoms with E-state index in [0.29, 0.717) is 17.7 Å². The standard InChI is InChI=1S/C17H16F3N/c1-10-6-11(9-21-12-3-4-12)2-5-13(10)14-7-16(19)17(20)8-15(14)18/h2,5-8,12,21H,3-4,9H2,1H3. The second-order valence-electron chi connectivity index (χ2n) is 5.55. The van der Waals surface area contributed by atoms with E-state index in [4.69, 9.17) is 0 Å². The fourth-order valence-corrected chi connectivity index (χ4v) is 2.42. The maximum Gasteiger partial charge on any atom is 0.161 e. The monoisotopic (exact) mass is 291 g/mol. The number of halogens is 3. The molecule has 21 heavy (non-hydrogen) atoms. The predicted octanol–water partition coefficient (Wildman–Crippen LogP) is 4.33. The molecule has 1 aliphatic rings. The van der Waals surface area contributed by atoms with E-state index in [1.807, 2.05) is 19.1 Å². The molecule has 4 heteroatoms. The van der Waals surface area contributed by atoms with Crippen molar-refractivity contribution in [2.45, 2.75) is 32.4 Å². The van der Waals surface area contributed by atoms with E-state index in [1.54, 1.807) is 6.07 Å². The fraction of sp³-hybridized carbons (Fsp3) is 0.294. The number of rotatable bonds is 4. The zero-order chi connectivity index (χ0) is 15.0. The molecule has 0 heterocycles. The summed E-state index contributed by atoms with van der Waals surface area (Å²) in [5.41, 5.74) is 2.62. The molecule has 0 aliphatic heterocycles. The number of hydrogen-bond acceptors (Lipinski definition) is 1. The summed E-state index contributed by atoms with van der Waals surface area (Å²) in [5, 5.41) is 3.40. The van der Waals surface area contributed by atoms with Gasteiger partial charge in [-0.2, -0.15) is 0 Å². The van der Waals surface area contributed by atoms with Crippen molar-refractivity contribution in [1.29, 1.82) is 0 Å². The van der Waals surface area contributed by atoms with Gasteiger partial charge in [0.1, 0.15) is 5.82 Å². The van der Waals surface area contributed by atoms with E-state index in [0.717, 1.165) is 23.7 Å². The van der Waals surface area contributed by atoms with Gasteiger partial charge < -0.3 is 5.32 Å². The molecule has 1 aliphatic carbocycles. The van der Waals surface area contributed by atoms with Crippen molar-refractivity contribution < 1.29 is 13.2 Å². The Balaban J connectivity index is 1.89. The Morgan fingerprint density at radius 2 is 1.67 bits per heavy atom. The zero-order valence-corrected chi connectivity index (χ0v) is 11.7. The van der Waals surface area contributed by atoms with Crippen molar-refractivity contribution >= 4 is 0 Å². The molecule has 1 nitrogen and oxygen atoms in total. The quantitative estimate of drug-likeness (QED) is 0.827. The van der Waals surface area contributed by atoms with Gasteiger partial charge in [0.25, 0.3) is 0 Å². The van der Waals surface area contributed by atoms with Gasteiger partial charge in [-0.15, -0.1) is 0 Å². The first-order valence-electron chi connectivity index (χ1n) is 7.02. The number of benzene rings is 2. The molecule has 2 aromatic carbocycles. The summed E-state index contributed by atoms with van der Waals surface area (Å²) >= 11 is 0. The highest BCUT2D eigenvalue weighted by Gasteiger charge is 2.20. The smallest absolute Gasteiger partial charge is 0.161 e. The topological polar surface area (TPSA) is 12.0 Å². The molecule has 1 fully saturated rings. The second kappa shape index (κ2) is 5.53. The third-order valence-corrected chi connectivity index (χ3v) is 3.76. The van der Waals surface area contributed by atoms with Gasteiger partial charge >= 0.3 is 0 Å². The minimum absolute atomic E-state index is 0.0908. The van der Waals surface area contributed by atoms with Gasteiger partial charge in [0.15, 0.2) is 11.6 Å². The average molecular weight is 291 g/mol. The van der Waals surface area contributed by atoms with E-state index in [1.165, 1.54) is 12.8 Å². The Morgan fingerprint density at radius 3 is 2.33 bits per heavy atom. The van der Waals surface area contributed by atoms with Gasteiger partial charge in [-0.1, -0.05) is 18.2 Å². The molecule has 0 spiro atoms. The van der Waals surface area contributed by atoms with Gasteiger partial charge in [-0.05, 0) is 42.5 Å². The second-order valence-corrected chi connectivity index (χ2v) is 5.55. The van der Waals surface area contributed by atoms with Crippen LogP contribution in [0.4, 0.5) is 13.2 Å². The Hall–Kier alpha value is -1.81. The van der Waals surface area contributed by atoms with E-state index in [-0.39, 0.29) is 5.56 Å². The summed E-state index contributed by atoms with van der Waals surface area (Å²) in [6, 6.07) is 7.72. The van der Waals surface area contributed by atoms with Crippen LogP contribution in [-0.4, -0.2) is 6.04 Å². The summed E-state index contributed by atoms with van der Waals surface area (Å²) in [6.07, 6.45) is 2.44. The largest absolute Gasteiger partial charge is 0.310 e. The molecule has 2 aromatic rings. The molecule has 1 saturated carbocycles. The molecule has 0 unspecified atom stereocenters. The summed E-state index contributed by atoms with van der Waals surface area (Å²) in [4.78, 5) is 0. The Labute approximate surface area is 121 Å². The number of nitrogens with one attached hydrogen (secondary N) is 1. The zero-order valence-electron chi connectivity index (χ0n) is 11.7. The summed E-state index contributed by atoms with van der Waals surface area (Å²) in [7, 11) is 0. The lowest BCUT2D eigenvalue weighted by molar-refractivity contribution is 0.496. The van der Waals surface area contributed by atoms with Gasteiger partial charge in [0.05, 0.1) is 0 Å². The molecule has 3 rings (SSSR count). The molecule has 1 N–H and O–H groups in total. The van der Waals surface area contributed by atoms with Crippen LogP contribution in [0.2, 0.25) is 0 Å². The van der Waals surface area contributed by atoms with Gasteiger partial charge in [-0.25, -0.2) is 13.2 Å². The van der Waals surface area contributed by atoms with Crippen LogP contribution in [0.25, 0.3) is 11.1 Å².